The Morgan fingerprint density at radius 3 is 2.46 bits per heavy atom. The van der Waals surface area contributed by atoms with Crippen molar-refractivity contribution in [3.63, 3.8) is 0 Å². The van der Waals surface area contributed by atoms with Crippen LogP contribution in [0.5, 0.6) is 0 Å². The first-order valence-corrected chi connectivity index (χ1v) is 14.6. The molecule has 7 rings (SSSR count). The van der Waals surface area contributed by atoms with Gasteiger partial charge in [-0.2, -0.15) is 4.98 Å². The molecule has 2 aliphatic heterocycles. The van der Waals surface area contributed by atoms with Crippen LogP contribution in [0.1, 0.15) is 71.7 Å². The molecule has 1 N–H and O–H groups in total. The molecule has 2 aromatic heterocycles. The van der Waals surface area contributed by atoms with Gasteiger partial charge in [0.05, 0.1) is 28.3 Å². The van der Waals surface area contributed by atoms with Crippen molar-refractivity contribution in [2.45, 2.75) is 76.2 Å². The minimum Gasteiger partial charge on any atom is -0.478 e. The Labute approximate surface area is 246 Å². The summed E-state index contributed by atoms with van der Waals surface area (Å²) in [4.78, 5) is 18.4. The number of carbonyl (C=O) groups is 1. The van der Waals surface area contributed by atoms with Gasteiger partial charge in [-0.15, -0.1) is 0 Å². The number of hydrogen-bond acceptors (Lipinski definition) is 8. The molecule has 0 amide bonds. The van der Waals surface area contributed by atoms with Gasteiger partial charge in [0.1, 0.15) is 11.5 Å². The van der Waals surface area contributed by atoms with Crippen molar-refractivity contribution < 1.29 is 23.7 Å². The van der Waals surface area contributed by atoms with Gasteiger partial charge < -0.3 is 23.8 Å². The molecule has 2 saturated heterocycles. The maximum atomic E-state index is 11.5. The molecule has 2 aromatic carbocycles. The van der Waals surface area contributed by atoms with Crippen LogP contribution in [0.3, 0.4) is 0 Å². The lowest BCUT2D eigenvalue weighted by molar-refractivity contribution is 0.0138. The van der Waals surface area contributed by atoms with E-state index in [0.29, 0.717) is 51.2 Å². The summed E-state index contributed by atoms with van der Waals surface area (Å²) in [7, 11) is 0. The highest BCUT2D eigenvalue weighted by Crippen LogP contribution is 2.47. The second kappa shape index (κ2) is 10.5. The van der Waals surface area contributed by atoms with E-state index in [2.05, 4.69) is 20.2 Å². The Bertz CT molecular complexity index is 1600. The number of anilines is 1. The minimum absolute atomic E-state index is 0.0533. The van der Waals surface area contributed by atoms with Gasteiger partial charge in [0.2, 0.25) is 5.82 Å². The Balaban J connectivity index is 1.08. The zero-order chi connectivity index (χ0) is 28.2. The molecule has 0 radical (unpaired) electrons. The van der Waals surface area contributed by atoms with Crippen LogP contribution in [0, 0.1) is 6.92 Å². The summed E-state index contributed by atoms with van der Waals surface area (Å²) < 4.78 is 18.0. The number of carboxylic acid groups (broad SMARTS) is 1. The molecule has 3 fully saturated rings. The largest absolute Gasteiger partial charge is 0.478 e. The van der Waals surface area contributed by atoms with Crippen molar-refractivity contribution in [1.29, 1.82) is 0 Å². The fourth-order valence-corrected chi connectivity index (χ4v) is 6.87. The van der Waals surface area contributed by atoms with Crippen molar-refractivity contribution in [1.82, 2.24) is 15.3 Å². The first kappa shape index (κ1) is 26.5. The smallest absolute Gasteiger partial charge is 0.335 e. The average Bonchev–Trinajstić information content (AvgIpc) is 3.41. The predicted molar refractivity (Wildman–Crippen MR) is 152 cm³/mol. The van der Waals surface area contributed by atoms with Crippen LogP contribution < -0.4 is 4.90 Å². The third kappa shape index (κ3) is 5.00. The van der Waals surface area contributed by atoms with Gasteiger partial charge in [-0.05, 0) is 81.3 Å². The number of rotatable bonds is 8. The fourth-order valence-electron chi connectivity index (χ4n) is 6.30. The van der Waals surface area contributed by atoms with E-state index in [1.165, 1.54) is 0 Å². The summed E-state index contributed by atoms with van der Waals surface area (Å²) in [6, 6.07) is 11.4. The van der Waals surface area contributed by atoms with Gasteiger partial charge in [-0.3, -0.25) is 0 Å². The molecule has 3 aliphatic rings. The maximum absolute atomic E-state index is 11.5. The summed E-state index contributed by atoms with van der Waals surface area (Å²) in [5.74, 6) is 0.629. The lowest BCUT2D eigenvalue weighted by Crippen LogP contribution is -2.45. The van der Waals surface area contributed by atoms with E-state index in [1.54, 1.807) is 24.3 Å². The number of aryl methyl sites for hydroxylation is 1. The first-order valence-electron chi connectivity index (χ1n) is 13.9. The van der Waals surface area contributed by atoms with Crippen molar-refractivity contribution in [2.24, 2.45) is 0 Å². The molecule has 4 aromatic rings. The van der Waals surface area contributed by atoms with E-state index in [9.17, 15) is 9.90 Å². The van der Waals surface area contributed by atoms with Crippen molar-refractivity contribution in [2.75, 3.05) is 4.90 Å². The minimum atomic E-state index is -0.990. The highest BCUT2D eigenvalue weighted by atomic mass is 35.5. The molecule has 0 spiro atoms. The number of ether oxygens (including phenoxy) is 1. The number of carboxylic acids is 1. The number of aromatic carboxylic acids is 1. The van der Waals surface area contributed by atoms with Crippen LogP contribution >= 0.6 is 23.2 Å². The molecule has 1 aliphatic carbocycles. The summed E-state index contributed by atoms with van der Waals surface area (Å²) in [6.45, 7) is 2.22. The monoisotopic (exact) mass is 594 g/mol. The second-order valence-corrected chi connectivity index (χ2v) is 12.0. The highest BCUT2D eigenvalue weighted by molar-refractivity contribution is 6.39. The van der Waals surface area contributed by atoms with E-state index in [-0.39, 0.29) is 23.8 Å². The summed E-state index contributed by atoms with van der Waals surface area (Å²) >= 11 is 13.0. The molecule has 9 nitrogen and oxygen atoms in total. The normalized spacial score (nSPS) is 21.9. The number of piperidine rings is 1. The lowest BCUT2D eigenvalue weighted by atomic mass is 9.99. The Morgan fingerprint density at radius 2 is 1.78 bits per heavy atom. The molecule has 1 saturated carbocycles. The molecular formula is C30H28Cl2N4O5. The standard InChI is InChI=1S/C30H28Cl2N4O5/c1-15-9-17(11-18(10-15)29(37)38)28-33-30(41-35-28)36-19-7-8-20(36)13-21(12-19)39-14-22-26(34-40-27(22)16-5-6-16)25-23(31)3-2-4-24(25)32/h2-4,9-11,16,19-21H,5-8,12-14H2,1H3,(H,37,38)/t19-,20+,21?. The average molecular weight is 595 g/mol. The maximum Gasteiger partial charge on any atom is 0.335 e. The molecule has 3 atom stereocenters. The number of nitrogens with zero attached hydrogens (tertiary/aromatic N) is 4. The van der Waals surface area contributed by atoms with E-state index >= 15 is 0 Å². The van der Waals surface area contributed by atoms with Gasteiger partial charge in [-0.1, -0.05) is 39.6 Å². The van der Waals surface area contributed by atoms with Crippen LogP contribution in [0.4, 0.5) is 6.01 Å². The molecule has 212 valence electrons. The quantitative estimate of drug-likeness (QED) is 0.224. The Morgan fingerprint density at radius 1 is 1.05 bits per heavy atom. The Kier molecular flexibility index (Phi) is 6.76. The van der Waals surface area contributed by atoms with E-state index in [4.69, 9.17) is 37.0 Å². The molecule has 2 bridgehead atoms. The number of fused-ring (bicyclic) bond motifs is 2. The van der Waals surface area contributed by atoms with Crippen LogP contribution in [0.25, 0.3) is 22.6 Å². The molecule has 41 heavy (non-hydrogen) atoms. The van der Waals surface area contributed by atoms with Crippen LogP contribution in [0.15, 0.2) is 45.4 Å². The highest BCUT2D eigenvalue weighted by Gasteiger charge is 2.44. The molecule has 11 heteroatoms. The van der Waals surface area contributed by atoms with Gasteiger partial charge in [-0.25, -0.2) is 4.79 Å². The molecule has 1 unspecified atom stereocenters. The Hall–Kier alpha value is -3.40. The SMILES string of the molecule is Cc1cc(C(=O)O)cc(-c2noc(N3[C@@H]4CC[C@H]3CC(OCc3c(-c5c(Cl)cccc5Cl)noc3C3CC3)C4)n2)c1. The van der Waals surface area contributed by atoms with Gasteiger partial charge in [0.25, 0.3) is 0 Å². The summed E-state index contributed by atoms with van der Waals surface area (Å²) in [5, 5.41) is 19.1. The first-order chi connectivity index (χ1) is 19.9. The topological polar surface area (TPSA) is 115 Å². The van der Waals surface area contributed by atoms with E-state index < -0.39 is 5.97 Å². The fraction of sp³-hybridized carbons (Fsp3) is 0.400. The molecule has 4 heterocycles. The number of hydrogen-bond donors (Lipinski definition) is 1. The predicted octanol–water partition coefficient (Wildman–Crippen LogP) is 7.30. The van der Waals surface area contributed by atoms with Crippen molar-refractivity contribution in [3.8, 4) is 22.6 Å². The zero-order valence-electron chi connectivity index (χ0n) is 22.3. The summed E-state index contributed by atoms with van der Waals surface area (Å²) in [5.41, 5.74) is 3.90. The van der Waals surface area contributed by atoms with Gasteiger partial charge >= 0.3 is 12.0 Å². The van der Waals surface area contributed by atoms with E-state index in [0.717, 1.165) is 55.4 Å². The molecular weight excluding hydrogens is 567 g/mol. The third-order valence-corrected chi connectivity index (χ3v) is 8.97. The number of benzene rings is 2. The second-order valence-electron chi connectivity index (χ2n) is 11.2. The van der Waals surface area contributed by atoms with E-state index in [1.807, 2.05) is 19.1 Å². The van der Waals surface area contributed by atoms with Crippen molar-refractivity contribution in [3.05, 3.63) is 68.9 Å². The van der Waals surface area contributed by atoms with Crippen LogP contribution in [0.2, 0.25) is 10.0 Å². The van der Waals surface area contributed by atoms with Gasteiger partial charge in [0.15, 0.2) is 0 Å². The lowest BCUT2D eigenvalue weighted by Gasteiger charge is -2.37. The number of halogens is 2. The summed E-state index contributed by atoms with van der Waals surface area (Å²) in [6.07, 6.45) is 5.88. The third-order valence-electron chi connectivity index (χ3n) is 8.34. The number of aromatic nitrogens is 3. The van der Waals surface area contributed by atoms with Crippen LogP contribution in [-0.4, -0.2) is 44.6 Å². The van der Waals surface area contributed by atoms with Gasteiger partial charge in [0, 0.05) is 34.7 Å². The zero-order valence-corrected chi connectivity index (χ0v) is 23.9. The van der Waals surface area contributed by atoms with Crippen LogP contribution in [-0.2, 0) is 11.3 Å². The van der Waals surface area contributed by atoms with Crippen molar-refractivity contribution >= 4 is 35.2 Å².